The third-order valence-electron chi connectivity index (χ3n) is 12.7. The molecule has 0 saturated carbocycles. The summed E-state index contributed by atoms with van der Waals surface area (Å²) in [6, 6.07) is 71.4. The van der Waals surface area contributed by atoms with Crippen LogP contribution in [0.5, 0.6) is 0 Å². The van der Waals surface area contributed by atoms with Gasteiger partial charge in [0.1, 0.15) is 0 Å². The van der Waals surface area contributed by atoms with Gasteiger partial charge in [0, 0.05) is 49.9 Å². The molecular weight excluding hydrogens is 705 g/mol. The number of benzene rings is 8. The van der Waals surface area contributed by atoms with Gasteiger partial charge in [-0.05, 0) is 83.9 Å². The molecule has 0 amide bonds. The van der Waals surface area contributed by atoms with Crippen LogP contribution in [-0.4, -0.2) is 19.7 Å². The Labute approximate surface area is 335 Å². The maximum atomic E-state index is 2.63. The van der Waals surface area contributed by atoms with Gasteiger partial charge in [0.2, 0.25) is 0 Å². The van der Waals surface area contributed by atoms with Crippen molar-refractivity contribution < 1.29 is 0 Å². The monoisotopic (exact) mass is 740 g/mol. The topological polar surface area (TPSA) is 18.0 Å². The predicted molar refractivity (Wildman–Crippen MR) is 242 cm³/mol. The van der Waals surface area contributed by atoms with Crippen molar-refractivity contribution in [2.75, 3.05) is 4.90 Å². The summed E-state index contributed by atoms with van der Waals surface area (Å²) < 4.78 is 7.49. The lowest BCUT2D eigenvalue weighted by Gasteiger charge is -2.32. The second kappa shape index (κ2) is 12.0. The highest BCUT2D eigenvalue weighted by molar-refractivity contribution is 6.11. The molecule has 4 nitrogen and oxygen atoms in total. The Morgan fingerprint density at radius 1 is 0.362 bits per heavy atom. The number of para-hydroxylation sites is 7. The summed E-state index contributed by atoms with van der Waals surface area (Å²) in [6.45, 7) is 0. The molecule has 1 aliphatic carbocycles. The van der Waals surface area contributed by atoms with Crippen molar-refractivity contribution in [2.24, 2.45) is 0 Å². The molecule has 0 radical (unpaired) electrons. The maximum absolute atomic E-state index is 2.63. The van der Waals surface area contributed by atoms with E-state index in [0.717, 1.165) is 5.69 Å². The van der Waals surface area contributed by atoms with E-state index in [1.54, 1.807) is 0 Å². The van der Waals surface area contributed by atoms with Crippen LogP contribution in [0.4, 0.5) is 11.4 Å². The molecular formula is C54H36N4. The van der Waals surface area contributed by atoms with Crippen LogP contribution in [0.25, 0.3) is 77.7 Å². The standard InChI is InChI=1S/C54H36N4/c1-3-17-35(18-4-1)55-48-30-16-11-25-42(48)52-49(55)31-32-50-53(52)43-33-37(56-44-26-12-7-21-38(44)39-22-8-13-27-45(39)56)34-51(54(43)57(50)36-19-5-2-6-20-36)58-46-28-14-9-23-40(46)41-24-10-15-29-47(41)58/h1-34,50,53H. The van der Waals surface area contributed by atoms with Crippen LogP contribution in [0.2, 0.25) is 0 Å². The number of rotatable bonds is 4. The van der Waals surface area contributed by atoms with Crippen molar-refractivity contribution in [3.8, 4) is 17.1 Å². The first kappa shape index (κ1) is 31.6. The third-order valence-corrected chi connectivity index (χ3v) is 12.7. The van der Waals surface area contributed by atoms with E-state index in [1.165, 1.54) is 94.1 Å². The molecule has 4 heterocycles. The molecule has 0 spiro atoms. The van der Waals surface area contributed by atoms with Crippen LogP contribution in [-0.2, 0) is 0 Å². The molecule has 4 heteroatoms. The van der Waals surface area contributed by atoms with Gasteiger partial charge in [-0.3, -0.25) is 0 Å². The molecule has 0 saturated heterocycles. The minimum atomic E-state index is 0.0418. The summed E-state index contributed by atoms with van der Waals surface area (Å²) in [5.74, 6) is 0.0462. The highest BCUT2D eigenvalue weighted by atomic mass is 15.2. The number of hydrogen-bond acceptors (Lipinski definition) is 1. The van der Waals surface area contributed by atoms with Gasteiger partial charge in [0.05, 0.1) is 50.7 Å². The molecule has 272 valence electrons. The molecule has 58 heavy (non-hydrogen) atoms. The summed E-state index contributed by atoms with van der Waals surface area (Å²) in [5.41, 5.74) is 15.9. The molecule has 2 aliphatic rings. The lowest BCUT2D eigenvalue weighted by atomic mass is 9.82. The molecule has 2 unspecified atom stereocenters. The molecule has 0 bridgehead atoms. The highest BCUT2D eigenvalue weighted by Gasteiger charge is 2.45. The summed E-state index contributed by atoms with van der Waals surface area (Å²) in [6.07, 6.45) is 4.85. The Morgan fingerprint density at radius 2 is 0.810 bits per heavy atom. The van der Waals surface area contributed by atoms with E-state index in [9.17, 15) is 0 Å². The summed E-state index contributed by atoms with van der Waals surface area (Å²) >= 11 is 0. The average Bonchev–Trinajstić information content (AvgIpc) is 4.02. The SMILES string of the molecule is C1=CC2C(c3cc(-n4c5ccccc5c5ccccc54)cc(-n4c5ccccc5c5ccccc54)c3N2c2ccccc2)c2c1n(-c1ccccc1)c1ccccc21. The predicted octanol–water partition coefficient (Wildman–Crippen LogP) is 13.5. The van der Waals surface area contributed by atoms with E-state index >= 15 is 0 Å². The van der Waals surface area contributed by atoms with Crippen LogP contribution in [0.15, 0.2) is 200 Å². The van der Waals surface area contributed by atoms with E-state index in [4.69, 9.17) is 0 Å². The van der Waals surface area contributed by atoms with E-state index in [-0.39, 0.29) is 12.0 Å². The first-order chi connectivity index (χ1) is 28.8. The second-order valence-electron chi connectivity index (χ2n) is 15.7. The van der Waals surface area contributed by atoms with Gasteiger partial charge < -0.3 is 18.6 Å². The second-order valence-corrected chi connectivity index (χ2v) is 15.7. The van der Waals surface area contributed by atoms with Gasteiger partial charge in [-0.1, -0.05) is 133 Å². The zero-order chi connectivity index (χ0) is 37.9. The van der Waals surface area contributed by atoms with E-state index in [0.29, 0.717) is 0 Å². The van der Waals surface area contributed by atoms with Gasteiger partial charge in [-0.25, -0.2) is 0 Å². The summed E-state index contributed by atoms with van der Waals surface area (Å²) in [4.78, 5) is 2.63. The van der Waals surface area contributed by atoms with Gasteiger partial charge in [0.15, 0.2) is 0 Å². The Bertz CT molecular complexity index is 3370. The summed E-state index contributed by atoms with van der Waals surface area (Å²) in [5, 5.41) is 6.32. The molecule has 0 N–H and O–H groups in total. The zero-order valence-electron chi connectivity index (χ0n) is 31.6. The first-order valence-electron chi connectivity index (χ1n) is 20.2. The van der Waals surface area contributed by atoms with Crippen molar-refractivity contribution in [3.63, 3.8) is 0 Å². The molecule has 0 fully saturated rings. The molecule has 3 aromatic heterocycles. The van der Waals surface area contributed by atoms with Gasteiger partial charge in [0.25, 0.3) is 0 Å². The first-order valence-corrected chi connectivity index (χ1v) is 20.2. The van der Waals surface area contributed by atoms with Crippen LogP contribution >= 0.6 is 0 Å². The van der Waals surface area contributed by atoms with Crippen molar-refractivity contribution >= 4 is 72.0 Å². The van der Waals surface area contributed by atoms with Gasteiger partial charge in [-0.15, -0.1) is 0 Å². The van der Waals surface area contributed by atoms with Crippen molar-refractivity contribution in [1.82, 2.24) is 13.7 Å². The quantitative estimate of drug-likeness (QED) is 0.176. The lowest BCUT2D eigenvalue weighted by molar-refractivity contribution is 0.725. The minimum Gasteiger partial charge on any atom is -0.332 e. The number of hydrogen-bond donors (Lipinski definition) is 0. The van der Waals surface area contributed by atoms with E-state index in [2.05, 4.69) is 225 Å². The zero-order valence-corrected chi connectivity index (χ0v) is 31.6. The van der Waals surface area contributed by atoms with Gasteiger partial charge >= 0.3 is 0 Å². The number of aromatic nitrogens is 3. The molecule has 11 aromatic rings. The lowest BCUT2D eigenvalue weighted by Crippen LogP contribution is -2.31. The Balaban J connectivity index is 1.21. The molecule has 8 aromatic carbocycles. The number of nitrogens with zero attached hydrogens (tertiary/aromatic N) is 4. The van der Waals surface area contributed by atoms with Crippen LogP contribution in [0, 0.1) is 0 Å². The highest BCUT2D eigenvalue weighted by Crippen LogP contribution is 2.57. The Hall–Kier alpha value is -7.56. The van der Waals surface area contributed by atoms with E-state index < -0.39 is 0 Å². The van der Waals surface area contributed by atoms with Crippen molar-refractivity contribution in [3.05, 3.63) is 217 Å². The van der Waals surface area contributed by atoms with Crippen molar-refractivity contribution in [2.45, 2.75) is 12.0 Å². The Morgan fingerprint density at radius 3 is 1.36 bits per heavy atom. The largest absolute Gasteiger partial charge is 0.332 e. The summed E-state index contributed by atoms with van der Waals surface area (Å²) in [7, 11) is 0. The van der Waals surface area contributed by atoms with E-state index in [1.807, 2.05) is 0 Å². The fourth-order valence-corrected chi connectivity index (χ4v) is 10.5. The average molecular weight is 741 g/mol. The number of anilines is 2. The molecule has 13 rings (SSSR count). The Kier molecular flexibility index (Phi) is 6.53. The smallest absolute Gasteiger partial charge is 0.0723 e. The van der Waals surface area contributed by atoms with Crippen LogP contribution < -0.4 is 4.90 Å². The molecule has 1 aliphatic heterocycles. The molecule has 2 atom stereocenters. The number of fused-ring (bicyclic) bond motifs is 13. The fraction of sp³-hybridized carbons (Fsp3) is 0.0370. The van der Waals surface area contributed by atoms with Crippen LogP contribution in [0.1, 0.15) is 22.7 Å². The maximum Gasteiger partial charge on any atom is 0.0723 e. The van der Waals surface area contributed by atoms with Gasteiger partial charge in [-0.2, -0.15) is 0 Å². The minimum absolute atomic E-state index is 0.0418. The van der Waals surface area contributed by atoms with Crippen molar-refractivity contribution in [1.29, 1.82) is 0 Å². The normalized spacial score (nSPS) is 15.8. The fourth-order valence-electron chi connectivity index (χ4n) is 10.5. The third kappa shape index (κ3) is 4.24. The van der Waals surface area contributed by atoms with Crippen LogP contribution in [0.3, 0.4) is 0 Å².